The van der Waals surface area contributed by atoms with Crippen molar-refractivity contribution < 1.29 is 4.79 Å². The zero-order valence-electron chi connectivity index (χ0n) is 18.4. The highest BCUT2D eigenvalue weighted by molar-refractivity contribution is 7.18. The minimum atomic E-state index is -0.218. The Morgan fingerprint density at radius 2 is 1.85 bits per heavy atom. The summed E-state index contributed by atoms with van der Waals surface area (Å²) in [5.74, 6) is 1.08. The molecule has 9 nitrogen and oxygen atoms in total. The molecule has 4 aromatic rings. The number of piperazine rings is 1. The number of aromatic nitrogens is 4. The molecule has 5 heterocycles. The van der Waals surface area contributed by atoms with Gasteiger partial charge < -0.3 is 20.4 Å². The highest BCUT2D eigenvalue weighted by Crippen LogP contribution is 2.30. The molecule has 1 aliphatic rings. The molecule has 1 saturated heterocycles. The Hall–Kier alpha value is -3.63. The van der Waals surface area contributed by atoms with Crippen molar-refractivity contribution in [3.63, 3.8) is 0 Å². The molecule has 0 atom stereocenters. The molecule has 0 saturated carbocycles. The van der Waals surface area contributed by atoms with Gasteiger partial charge in [-0.3, -0.25) is 9.78 Å². The van der Waals surface area contributed by atoms with Crippen LogP contribution in [0.25, 0.3) is 21.3 Å². The third-order valence-corrected chi connectivity index (χ3v) is 6.71. The van der Waals surface area contributed by atoms with E-state index in [1.54, 1.807) is 29.8 Å². The van der Waals surface area contributed by atoms with Gasteiger partial charge in [0.25, 0.3) is 5.91 Å². The molecule has 1 amide bonds. The van der Waals surface area contributed by atoms with Crippen LogP contribution in [0.5, 0.6) is 0 Å². The summed E-state index contributed by atoms with van der Waals surface area (Å²) in [6.45, 7) is 3.75. The average Bonchev–Trinajstić information content (AvgIpc) is 3.34. The first-order valence-electron chi connectivity index (χ1n) is 10.7. The molecule has 0 aliphatic carbocycles. The Morgan fingerprint density at radius 3 is 2.64 bits per heavy atom. The van der Waals surface area contributed by atoms with Crippen LogP contribution in [0.4, 0.5) is 16.8 Å². The fourth-order valence-corrected chi connectivity index (χ4v) is 4.46. The number of nitrogens with zero attached hydrogens (tertiary/aromatic N) is 6. The summed E-state index contributed by atoms with van der Waals surface area (Å²) in [7, 11) is 3.96. The van der Waals surface area contributed by atoms with Gasteiger partial charge in [-0.05, 0) is 31.3 Å². The summed E-state index contributed by atoms with van der Waals surface area (Å²) >= 11 is 1.56. The number of rotatable bonds is 5. The van der Waals surface area contributed by atoms with Gasteiger partial charge >= 0.3 is 0 Å². The fourth-order valence-electron chi connectivity index (χ4n) is 3.71. The molecule has 10 heteroatoms. The van der Waals surface area contributed by atoms with Crippen molar-refractivity contribution in [3.8, 4) is 10.4 Å². The van der Waals surface area contributed by atoms with E-state index in [-0.39, 0.29) is 5.91 Å². The number of anilines is 3. The van der Waals surface area contributed by atoms with E-state index in [1.807, 2.05) is 37.6 Å². The number of carbonyl (C=O) groups is 1. The van der Waals surface area contributed by atoms with Gasteiger partial charge in [0.2, 0.25) is 0 Å². The summed E-state index contributed by atoms with van der Waals surface area (Å²) < 4.78 is 0. The van der Waals surface area contributed by atoms with Crippen LogP contribution in [-0.4, -0.2) is 71.0 Å². The van der Waals surface area contributed by atoms with Crippen LogP contribution >= 0.6 is 11.3 Å². The van der Waals surface area contributed by atoms with Gasteiger partial charge in [-0.15, -0.1) is 0 Å². The number of carbonyl (C=O) groups excluding carboxylic acids is 1. The maximum absolute atomic E-state index is 12.9. The van der Waals surface area contributed by atoms with Crippen LogP contribution < -0.4 is 15.5 Å². The molecule has 5 rings (SSSR count). The van der Waals surface area contributed by atoms with Gasteiger partial charge in [-0.1, -0.05) is 11.3 Å². The van der Waals surface area contributed by atoms with E-state index in [4.69, 9.17) is 0 Å². The van der Waals surface area contributed by atoms with Crippen molar-refractivity contribution in [1.29, 1.82) is 0 Å². The smallest absolute Gasteiger partial charge is 0.257 e. The zero-order chi connectivity index (χ0) is 22.8. The van der Waals surface area contributed by atoms with E-state index in [1.165, 1.54) is 0 Å². The van der Waals surface area contributed by atoms with Crippen molar-refractivity contribution >= 4 is 44.9 Å². The lowest BCUT2D eigenvalue weighted by molar-refractivity contribution is 0.102. The van der Waals surface area contributed by atoms with Crippen molar-refractivity contribution in [2.45, 2.75) is 0 Å². The molecule has 168 valence electrons. The number of amides is 1. The summed E-state index contributed by atoms with van der Waals surface area (Å²) in [4.78, 5) is 36.1. The van der Waals surface area contributed by atoms with Crippen molar-refractivity contribution in [1.82, 2.24) is 24.8 Å². The largest absolute Gasteiger partial charge is 0.365 e. The second-order valence-corrected chi connectivity index (χ2v) is 8.94. The normalized spacial score (nSPS) is 14.4. The number of thiazole rings is 1. The third kappa shape index (κ3) is 4.62. The molecule has 33 heavy (non-hydrogen) atoms. The molecule has 0 spiro atoms. The number of fused-ring (bicyclic) bond motifs is 1. The van der Waals surface area contributed by atoms with Crippen molar-refractivity contribution in [2.24, 2.45) is 0 Å². The van der Waals surface area contributed by atoms with Crippen LogP contribution in [0, 0.1) is 0 Å². The zero-order valence-corrected chi connectivity index (χ0v) is 19.3. The summed E-state index contributed by atoms with van der Waals surface area (Å²) in [6, 6.07) is 7.43. The first-order valence-corrected chi connectivity index (χ1v) is 11.5. The second-order valence-electron chi connectivity index (χ2n) is 7.91. The maximum Gasteiger partial charge on any atom is 0.257 e. The van der Waals surface area contributed by atoms with Gasteiger partial charge in [-0.25, -0.2) is 15.0 Å². The Labute approximate surface area is 195 Å². The van der Waals surface area contributed by atoms with E-state index in [0.717, 1.165) is 58.5 Å². The van der Waals surface area contributed by atoms with Crippen LogP contribution in [0.1, 0.15) is 10.4 Å². The first kappa shape index (κ1) is 21.2. The first-order chi connectivity index (χ1) is 16.1. The van der Waals surface area contributed by atoms with Crippen LogP contribution in [-0.2, 0) is 0 Å². The van der Waals surface area contributed by atoms with Gasteiger partial charge in [0, 0.05) is 68.3 Å². The second kappa shape index (κ2) is 9.08. The Morgan fingerprint density at radius 1 is 1.00 bits per heavy atom. The lowest BCUT2D eigenvalue weighted by atomic mass is 10.2. The van der Waals surface area contributed by atoms with E-state index < -0.39 is 0 Å². The highest BCUT2D eigenvalue weighted by atomic mass is 32.1. The number of likely N-dealkylation sites (N-methyl/N-ethyl adjacent to an activating group) is 1. The molecule has 0 radical (unpaired) electrons. The lowest BCUT2D eigenvalue weighted by Gasteiger charge is -2.33. The minimum Gasteiger partial charge on any atom is -0.365 e. The van der Waals surface area contributed by atoms with Crippen LogP contribution in [0.3, 0.4) is 0 Å². The monoisotopic (exact) mass is 460 g/mol. The molecule has 4 aromatic heterocycles. The molecular weight excluding hydrogens is 436 g/mol. The molecule has 1 fully saturated rings. The van der Waals surface area contributed by atoms with Gasteiger partial charge in [0.15, 0.2) is 5.13 Å². The number of pyridine rings is 3. The summed E-state index contributed by atoms with van der Waals surface area (Å²) in [5, 5.41) is 7.70. The Balaban J connectivity index is 1.35. The third-order valence-electron chi connectivity index (χ3n) is 5.65. The quantitative estimate of drug-likeness (QED) is 0.469. The molecular formula is C23H24N8OS. The average molecular weight is 461 g/mol. The SMILES string of the molecule is CNc1ncc(-c2cnc3cnc(NC(=O)c4ccnc(N5CCN(C)CC5)c4)cc3c2)s1. The standard InChI is InChI=1S/C23H24N8OS/c1-24-23-28-14-19(33-23)17-9-16-10-20(27-13-18(16)26-12-17)29-22(32)15-3-4-25-21(11-15)31-7-5-30(2)6-8-31/h3-4,9-14H,5-8H2,1-2H3,(H,24,28)(H,27,29,32). The molecule has 1 aliphatic heterocycles. The van der Waals surface area contributed by atoms with Crippen molar-refractivity contribution in [2.75, 3.05) is 55.8 Å². The molecule has 0 aromatic carbocycles. The molecule has 2 N–H and O–H groups in total. The number of hydrogen-bond donors (Lipinski definition) is 2. The molecule has 0 unspecified atom stereocenters. The summed E-state index contributed by atoms with van der Waals surface area (Å²) in [6.07, 6.45) is 6.99. The van der Waals surface area contributed by atoms with Crippen LogP contribution in [0.2, 0.25) is 0 Å². The molecule has 0 bridgehead atoms. The van der Waals surface area contributed by atoms with Crippen molar-refractivity contribution in [3.05, 3.63) is 54.6 Å². The lowest BCUT2D eigenvalue weighted by Crippen LogP contribution is -2.44. The van der Waals surface area contributed by atoms with Crippen LogP contribution in [0.15, 0.2) is 49.1 Å². The topological polar surface area (TPSA) is 99.2 Å². The van der Waals surface area contributed by atoms with E-state index in [2.05, 4.69) is 47.4 Å². The Bertz CT molecular complexity index is 1300. The number of hydrogen-bond acceptors (Lipinski definition) is 9. The summed E-state index contributed by atoms with van der Waals surface area (Å²) in [5.41, 5.74) is 2.28. The maximum atomic E-state index is 12.9. The van der Waals surface area contributed by atoms with Gasteiger partial charge in [-0.2, -0.15) is 0 Å². The van der Waals surface area contributed by atoms with E-state index >= 15 is 0 Å². The fraction of sp³-hybridized carbons (Fsp3) is 0.261. The number of nitrogens with one attached hydrogen (secondary N) is 2. The predicted molar refractivity (Wildman–Crippen MR) is 132 cm³/mol. The Kier molecular flexibility index (Phi) is 5.84. The minimum absolute atomic E-state index is 0.218. The van der Waals surface area contributed by atoms with Gasteiger partial charge in [0.1, 0.15) is 11.6 Å². The van der Waals surface area contributed by atoms with E-state index in [9.17, 15) is 4.79 Å². The predicted octanol–water partition coefficient (Wildman–Crippen LogP) is 3.19. The highest BCUT2D eigenvalue weighted by Gasteiger charge is 2.17. The van der Waals surface area contributed by atoms with E-state index in [0.29, 0.717) is 11.4 Å². The van der Waals surface area contributed by atoms with Gasteiger partial charge in [0.05, 0.1) is 16.6 Å².